The van der Waals surface area contributed by atoms with Crippen molar-refractivity contribution in [2.75, 3.05) is 39.5 Å². The Kier molecular flexibility index (Phi) is 8.05. The average Bonchev–Trinajstić information content (AvgIpc) is 3.34. The molecule has 1 aromatic carbocycles. The number of esters is 1. The van der Waals surface area contributed by atoms with E-state index >= 15 is 0 Å². The van der Waals surface area contributed by atoms with Gasteiger partial charge in [0.1, 0.15) is 5.00 Å². The van der Waals surface area contributed by atoms with Gasteiger partial charge < -0.3 is 28.8 Å². The van der Waals surface area contributed by atoms with Gasteiger partial charge in [0, 0.05) is 17.5 Å². The molecule has 1 N–H and O–H groups in total. The SMILES string of the molecule is COC(=O)c1c(NC(=O)CSc2nnc(-c3cc(OC)c(OC)c(OC)c3)n2C)sc(C)c1C. The van der Waals surface area contributed by atoms with Crippen molar-refractivity contribution in [2.24, 2.45) is 7.05 Å². The van der Waals surface area contributed by atoms with Crippen LogP contribution in [-0.4, -0.2) is 60.8 Å². The summed E-state index contributed by atoms with van der Waals surface area (Å²) in [6.07, 6.45) is 0. The molecular weight excluding hydrogens is 480 g/mol. The molecule has 2 aromatic heterocycles. The summed E-state index contributed by atoms with van der Waals surface area (Å²) in [4.78, 5) is 25.7. The van der Waals surface area contributed by atoms with E-state index in [1.165, 1.54) is 37.3 Å². The standard InChI is InChI=1S/C22H26N4O6S2/c1-11-12(2)34-20(17(11)21(28)32-7)23-16(27)10-33-22-25-24-19(26(22)3)13-8-14(29-4)18(31-6)15(9-13)30-5/h8-9H,10H2,1-7H3,(H,23,27). The van der Waals surface area contributed by atoms with Crippen LogP contribution >= 0.6 is 23.1 Å². The predicted molar refractivity (Wildman–Crippen MR) is 131 cm³/mol. The largest absolute Gasteiger partial charge is 0.493 e. The third-order valence-electron chi connectivity index (χ3n) is 5.12. The number of benzene rings is 1. The number of nitrogens with zero attached hydrogens (tertiary/aromatic N) is 3. The number of methoxy groups -OCH3 is 4. The molecule has 3 rings (SSSR count). The summed E-state index contributed by atoms with van der Waals surface area (Å²) in [6, 6.07) is 3.56. The van der Waals surface area contributed by atoms with Gasteiger partial charge in [-0.3, -0.25) is 4.79 Å². The maximum absolute atomic E-state index is 12.6. The number of anilines is 1. The highest BCUT2D eigenvalue weighted by atomic mass is 32.2. The number of aromatic nitrogens is 3. The molecule has 0 aliphatic rings. The lowest BCUT2D eigenvalue weighted by Gasteiger charge is -2.14. The predicted octanol–water partition coefficient (Wildman–Crippen LogP) is 3.70. The first-order valence-electron chi connectivity index (χ1n) is 10.1. The van der Waals surface area contributed by atoms with Gasteiger partial charge in [-0.1, -0.05) is 11.8 Å². The van der Waals surface area contributed by atoms with Crippen LogP contribution in [0.2, 0.25) is 0 Å². The molecule has 0 radical (unpaired) electrons. The highest BCUT2D eigenvalue weighted by Gasteiger charge is 2.22. The summed E-state index contributed by atoms with van der Waals surface area (Å²) < 4.78 is 22.8. The van der Waals surface area contributed by atoms with Crippen LogP contribution in [0.3, 0.4) is 0 Å². The smallest absolute Gasteiger partial charge is 0.341 e. The first-order valence-corrected chi connectivity index (χ1v) is 11.9. The van der Waals surface area contributed by atoms with E-state index in [9.17, 15) is 9.59 Å². The Labute approximate surface area is 205 Å². The molecule has 10 nitrogen and oxygen atoms in total. The number of thioether (sulfide) groups is 1. The van der Waals surface area contributed by atoms with E-state index < -0.39 is 5.97 Å². The van der Waals surface area contributed by atoms with Crippen molar-refractivity contribution in [2.45, 2.75) is 19.0 Å². The first-order chi connectivity index (χ1) is 16.2. The molecule has 1 amide bonds. The van der Waals surface area contributed by atoms with Crippen molar-refractivity contribution < 1.29 is 28.5 Å². The van der Waals surface area contributed by atoms with Crippen molar-refractivity contribution in [3.05, 3.63) is 28.1 Å². The van der Waals surface area contributed by atoms with Gasteiger partial charge in [0.15, 0.2) is 22.5 Å². The van der Waals surface area contributed by atoms with Gasteiger partial charge in [0.05, 0.1) is 39.8 Å². The Bertz CT molecular complexity index is 1200. The molecular formula is C22H26N4O6S2. The van der Waals surface area contributed by atoms with Crippen LogP contribution in [0.4, 0.5) is 5.00 Å². The summed E-state index contributed by atoms with van der Waals surface area (Å²) >= 11 is 2.57. The molecule has 12 heteroatoms. The van der Waals surface area contributed by atoms with Gasteiger partial charge in [-0.15, -0.1) is 21.5 Å². The molecule has 0 saturated heterocycles. The summed E-state index contributed by atoms with van der Waals surface area (Å²) in [5, 5.41) is 12.3. The minimum atomic E-state index is -0.479. The van der Waals surface area contributed by atoms with Gasteiger partial charge in [-0.25, -0.2) is 4.79 Å². The van der Waals surface area contributed by atoms with Crippen molar-refractivity contribution in [1.29, 1.82) is 0 Å². The molecule has 0 saturated carbocycles. The summed E-state index contributed by atoms with van der Waals surface area (Å²) in [5.41, 5.74) is 1.89. The molecule has 0 bridgehead atoms. The van der Waals surface area contributed by atoms with E-state index in [-0.39, 0.29) is 11.7 Å². The second-order valence-electron chi connectivity index (χ2n) is 7.10. The topological polar surface area (TPSA) is 114 Å². The lowest BCUT2D eigenvalue weighted by Crippen LogP contribution is -2.16. The van der Waals surface area contributed by atoms with Crippen molar-refractivity contribution in [1.82, 2.24) is 14.8 Å². The minimum absolute atomic E-state index is 0.0812. The van der Waals surface area contributed by atoms with Gasteiger partial charge >= 0.3 is 5.97 Å². The highest BCUT2D eigenvalue weighted by Crippen LogP contribution is 2.41. The molecule has 0 atom stereocenters. The van der Waals surface area contributed by atoms with E-state index in [2.05, 4.69) is 15.5 Å². The second kappa shape index (κ2) is 10.8. The van der Waals surface area contributed by atoms with Crippen molar-refractivity contribution >= 4 is 40.0 Å². The zero-order valence-corrected chi connectivity index (χ0v) is 21.6. The molecule has 0 aliphatic carbocycles. The summed E-state index contributed by atoms with van der Waals surface area (Å²) in [7, 11) is 7.74. The zero-order chi connectivity index (χ0) is 25.0. The lowest BCUT2D eigenvalue weighted by atomic mass is 10.1. The number of carbonyl (C=O) groups excluding carboxylic acids is 2. The number of rotatable bonds is 9. The number of amides is 1. The Morgan fingerprint density at radius 3 is 2.26 bits per heavy atom. The van der Waals surface area contributed by atoms with Crippen LogP contribution in [-0.2, 0) is 16.6 Å². The average molecular weight is 507 g/mol. The number of hydrogen-bond donors (Lipinski definition) is 1. The quantitative estimate of drug-likeness (QED) is 0.343. The zero-order valence-electron chi connectivity index (χ0n) is 20.0. The fraction of sp³-hybridized carbons (Fsp3) is 0.364. The number of aryl methyl sites for hydroxylation is 1. The second-order valence-corrected chi connectivity index (χ2v) is 9.26. The fourth-order valence-corrected chi connectivity index (χ4v) is 5.03. The van der Waals surface area contributed by atoms with E-state index in [1.54, 1.807) is 38.0 Å². The van der Waals surface area contributed by atoms with E-state index in [0.29, 0.717) is 44.4 Å². The van der Waals surface area contributed by atoms with Gasteiger partial charge in [0.2, 0.25) is 11.7 Å². The number of ether oxygens (including phenoxy) is 4. The van der Waals surface area contributed by atoms with E-state index in [1.807, 2.05) is 13.8 Å². The number of carbonyl (C=O) groups is 2. The molecule has 0 fully saturated rings. The lowest BCUT2D eigenvalue weighted by molar-refractivity contribution is -0.113. The van der Waals surface area contributed by atoms with Gasteiger partial charge in [-0.05, 0) is 31.5 Å². The summed E-state index contributed by atoms with van der Waals surface area (Å²) in [5.74, 6) is 1.37. The van der Waals surface area contributed by atoms with E-state index in [4.69, 9.17) is 18.9 Å². The molecule has 0 unspecified atom stereocenters. The van der Waals surface area contributed by atoms with Crippen molar-refractivity contribution in [3.63, 3.8) is 0 Å². The van der Waals surface area contributed by atoms with Crippen LogP contribution in [0.15, 0.2) is 17.3 Å². The Morgan fingerprint density at radius 1 is 1.06 bits per heavy atom. The van der Waals surface area contributed by atoms with Crippen LogP contribution in [0, 0.1) is 13.8 Å². The highest BCUT2D eigenvalue weighted by molar-refractivity contribution is 7.99. The molecule has 2 heterocycles. The number of nitrogens with one attached hydrogen (secondary N) is 1. The fourth-order valence-electron chi connectivity index (χ4n) is 3.26. The Hall–Kier alpha value is -3.25. The van der Waals surface area contributed by atoms with Crippen molar-refractivity contribution in [3.8, 4) is 28.6 Å². The van der Waals surface area contributed by atoms with Crippen LogP contribution < -0.4 is 19.5 Å². The Balaban J connectivity index is 1.77. The van der Waals surface area contributed by atoms with Gasteiger partial charge in [0.25, 0.3) is 0 Å². The summed E-state index contributed by atoms with van der Waals surface area (Å²) in [6.45, 7) is 3.72. The minimum Gasteiger partial charge on any atom is -0.493 e. The normalized spacial score (nSPS) is 10.7. The molecule has 0 spiro atoms. The molecule has 34 heavy (non-hydrogen) atoms. The van der Waals surface area contributed by atoms with Crippen LogP contribution in [0.25, 0.3) is 11.4 Å². The monoisotopic (exact) mass is 506 g/mol. The van der Waals surface area contributed by atoms with E-state index in [0.717, 1.165) is 10.4 Å². The van der Waals surface area contributed by atoms with Gasteiger partial charge in [-0.2, -0.15) is 0 Å². The first kappa shape index (κ1) is 25.4. The molecule has 3 aromatic rings. The maximum atomic E-state index is 12.6. The Morgan fingerprint density at radius 2 is 1.71 bits per heavy atom. The maximum Gasteiger partial charge on any atom is 0.341 e. The van der Waals surface area contributed by atoms with Crippen LogP contribution in [0.1, 0.15) is 20.8 Å². The molecule has 182 valence electrons. The third-order valence-corrected chi connectivity index (χ3v) is 7.26. The number of thiophene rings is 1. The number of hydrogen-bond acceptors (Lipinski definition) is 10. The third kappa shape index (κ3) is 4.97. The van der Waals surface area contributed by atoms with Crippen LogP contribution in [0.5, 0.6) is 17.2 Å². The molecule has 0 aliphatic heterocycles.